The van der Waals surface area contributed by atoms with E-state index >= 15 is 0 Å². The van der Waals surface area contributed by atoms with Crippen LogP contribution < -0.4 is 10.6 Å². The van der Waals surface area contributed by atoms with E-state index in [1.807, 2.05) is 12.1 Å². The fourth-order valence-electron chi connectivity index (χ4n) is 2.02. The highest BCUT2D eigenvalue weighted by molar-refractivity contribution is 5.47. The van der Waals surface area contributed by atoms with E-state index in [0.717, 1.165) is 13.0 Å². The fraction of sp³-hybridized carbons (Fsp3) is 0.250. The molecule has 0 saturated carbocycles. The molecule has 0 spiro atoms. The van der Waals surface area contributed by atoms with E-state index in [-0.39, 0.29) is 6.17 Å². The molecular weight excluding hydrogens is 220 g/mol. The second kappa shape index (κ2) is 6.22. The normalized spacial score (nSPS) is 12.1. The Morgan fingerprint density at radius 1 is 0.944 bits per heavy atom. The Bertz CT molecular complexity index is 453. The molecule has 18 heavy (non-hydrogen) atoms. The van der Waals surface area contributed by atoms with E-state index < -0.39 is 0 Å². The summed E-state index contributed by atoms with van der Waals surface area (Å²) in [5.41, 5.74) is 8.68. The monoisotopic (exact) mass is 240 g/mol. The smallest absolute Gasteiger partial charge is 0.0772 e. The van der Waals surface area contributed by atoms with Crippen molar-refractivity contribution < 1.29 is 0 Å². The Balaban J connectivity index is 2.21. The second-order valence-electron chi connectivity index (χ2n) is 4.42. The topological polar surface area (TPSA) is 29.3 Å². The number of anilines is 1. The predicted molar refractivity (Wildman–Crippen MR) is 77.3 cm³/mol. The minimum Gasteiger partial charge on any atom is -0.352 e. The first-order chi connectivity index (χ1) is 8.81. The molecule has 2 aromatic carbocycles. The quantitative estimate of drug-likeness (QED) is 0.812. The molecule has 0 bridgehead atoms. The van der Waals surface area contributed by atoms with Gasteiger partial charge in [-0.15, -0.1) is 0 Å². The van der Waals surface area contributed by atoms with Gasteiger partial charge >= 0.3 is 0 Å². The summed E-state index contributed by atoms with van der Waals surface area (Å²) in [7, 11) is 0. The van der Waals surface area contributed by atoms with Crippen LogP contribution >= 0.6 is 0 Å². The number of para-hydroxylation sites is 1. The van der Waals surface area contributed by atoms with E-state index in [9.17, 15) is 0 Å². The average Bonchev–Trinajstić information content (AvgIpc) is 2.46. The van der Waals surface area contributed by atoms with E-state index in [2.05, 4.69) is 60.4 Å². The summed E-state index contributed by atoms with van der Waals surface area (Å²) >= 11 is 0. The lowest BCUT2D eigenvalue weighted by molar-refractivity contribution is 0.591. The molecule has 1 unspecified atom stereocenters. The van der Waals surface area contributed by atoms with E-state index in [0.29, 0.717) is 0 Å². The average molecular weight is 240 g/mol. The maximum Gasteiger partial charge on any atom is 0.0772 e. The summed E-state index contributed by atoms with van der Waals surface area (Å²) in [4.78, 5) is 2.25. The number of nitrogens with zero attached hydrogens (tertiary/aromatic N) is 1. The number of hydrogen-bond acceptors (Lipinski definition) is 2. The molecule has 1 atom stereocenters. The molecule has 2 nitrogen and oxygen atoms in total. The van der Waals surface area contributed by atoms with Crippen molar-refractivity contribution in [2.45, 2.75) is 26.1 Å². The van der Waals surface area contributed by atoms with Crippen molar-refractivity contribution in [1.82, 2.24) is 0 Å². The molecule has 94 valence electrons. The van der Waals surface area contributed by atoms with Crippen molar-refractivity contribution >= 4 is 5.69 Å². The molecule has 0 aliphatic rings. The molecule has 2 rings (SSSR count). The molecule has 0 heterocycles. The molecule has 0 radical (unpaired) electrons. The minimum atomic E-state index is 0.0487. The van der Waals surface area contributed by atoms with E-state index in [1.165, 1.54) is 11.3 Å². The van der Waals surface area contributed by atoms with Crippen molar-refractivity contribution in [3.8, 4) is 0 Å². The van der Waals surface area contributed by atoms with Crippen LogP contribution in [0.15, 0.2) is 60.7 Å². The van der Waals surface area contributed by atoms with E-state index in [1.54, 1.807) is 0 Å². The summed E-state index contributed by atoms with van der Waals surface area (Å²) in [6.45, 7) is 2.96. The first-order valence-electron chi connectivity index (χ1n) is 6.42. The SMILES string of the molecule is CCC(N)N(Cc1ccccc1)c1ccccc1. The lowest BCUT2D eigenvalue weighted by atomic mass is 10.1. The maximum absolute atomic E-state index is 6.22. The highest BCUT2D eigenvalue weighted by Gasteiger charge is 2.13. The lowest BCUT2D eigenvalue weighted by Gasteiger charge is -2.30. The second-order valence-corrected chi connectivity index (χ2v) is 4.42. The van der Waals surface area contributed by atoms with Crippen LogP contribution in [0, 0.1) is 0 Å². The summed E-state index contributed by atoms with van der Waals surface area (Å²) in [5.74, 6) is 0. The van der Waals surface area contributed by atoms with Crippen molar-refractivity contribution in [3.05, 3.63) is 66.2 Å². The van der Waals surface area contributed by atoms with Crippen molar-refractivity contribution in [2.24, 2.45) is 5.73 Å². The van der Waals surface area contributed by atoms with Gasteiger partial charge < -0.3 is 10.6 Å². The van der Waals surface area contributed by atoms with Crippen LogP contribution in [-0.2, 0) is 6.54 Å². The third kappa shape index (κ3) is 3.11. The lowest BCUT2D eigenvalue weighted by Crippen LogP contribution is -2.41. The van der Waals surface area contributed by atoms with Crippen LogP contribution in [0.1, 0.15) is 18.9 Å². The van der Waals surface area contributed by atoms with Crippen molar-refractivity contribution in [2.75, 3.05) is 4.90 Å². The van der Waals surface area contributed by atoms with E-state index in [4.69, 9.17) is 5.73 Å². The van der Waals surface area contributed by atoms with Gasteiger partial charge in [0.1, 0.15) is 0 Å². The van der Waals surface area contributed by atoms with Crippen LogP contribution in [0.5, 0.6) is 0 Å². The molecule has 2 aromatic rings. The molecule has 2 N–H and O–H groups in total. The molecule has 0 fully saturated rings. The molecule has 0 aliphatic carbocycles. The molecule has 0 saturated heterocycles. The van der Waals surface area contributed by atoms with Gasteiger partial charge in [-0.3, -0.25) is 0 Å². The highest BCUT2D eigenvalue weighted by Crippen LogP contribution is 2.19. The Hall–Kier alpha value is -1.80. The fourth-order valence-corrected chi connectivity index (χ4v) is 2.02. The summed E-state index contributed by atoms with van der Waals surface area (Å²) in [6, 6.07) is 20.8. The number of benzene rings is 2. The molecule has 0 aliphatic heterocycles. The molecule has 2 heteroatoms. The van der Waals surface area contributed by atoms with Gasteiger partial charge in [-0.25, -0.2) is 0 Å². The van der Waals surface area contributed by atoms with Crippen LogP contribution in [0.3, 0.4) is 0 Å². The zero-order chi connectivity index (χ0) is 12.8. The third-order valence-electron chi connectivity index (χ3n) is 3.10. The van der Waals surface area contributed by atoms with Crippen molar-refractivity contribution in [1.29, 1.82) is 0 Å². The summed E-state index contributed by atoms with van der Waals surface area (Å²) in [5, 5.41) is 0. The standard InChI is InChI=1S/C16H20N2/c1-2-16(17)18(15-11-7-4-8-12-15)13-14-9-5-3-6-10-14/h3-12,16H,2,13,17H2,1H3. The van der Waals surface area contributed by atoms with Gasteiger partial charge in [0.2, 0.25) is 0 Å². The minimum absolute atomic E-state index is 0.0487. The maximum atomic E-state index is 6.22. The van der Waals surface area contributed by atoms with Gasteiger partial charge in [0, 0.05) is 12.2 Å². The first-order valence-corrected chi connectivity index (χ1v) is 6.42. The van der Waals surface area contributed by atoms with Gasteiger partial charge in [-0.1, -0.05) is 55.5 Å². The van der Waals surface area contributed by atoms with Crippen LogP contribution in [0.25, 0.3) is 0 Å². The number of hydrogen-bond donors (Lipinski definition) is 1. The number of rotatable bonds is 5. The third-order valence-corrected chi connectivity index (χ3v) is 3.10. The van der Waals surface area contributed by atoms with Crippen LogP contribution in [-0.4, -0.2) is 6.17 Å². The van der Waals surface area contributed by atoms with Gasteiger partial charge in [0.25, 0.3) is 0 Å². The summed E-state index contributed by atoms with van der Waals surface area (Å²) < 4.78 is 0. The van der Waals surface area contributed by atoms with Gasteiger partial charge in [-0.2, -0.15) is 0 Å². The summed E-state index contributed by atoms with van der Waals surface area (Å²) in [6.07, 6.45) is 0.981. The predicted octanol–water partition coefficient (Wildman–Crippen LogP) is 3.39. The van der Waals surface area contributed by atoms with Gasteiger partial charge in [0.15, 0.2) is 0 Å². The van der Waals surface area contributed by atoms with Gasteiger partial charge in [-0.05, 0) is 24.1 Å². The Morgan fingerprint density at radius 3 is 2.06 bits per heavy atom. The van der Waals surface area contributed by atoms with Gasteiger partial charge in [0.05, 0.1) is 6.17 Å². The highest BCUT2D eigenvalue weighted by atomic mass is 15.2. The Morgan fingerprint density at radius 2 is 1.50 bits per heavy atom. The van der Waals surface area contributed by atoms with Crippen LogP contribution in [0.4, 0.5) is 5.69 Å². The molecular formula is C16H20N2. The number of nitrogens with two attached hydrogens (primary N) is 1. The Labute approximate surface area is 109 Å². The molecule has 0 aromatic heterocycles. The molecule has 0 amide bonds. The Kier molecular flexibility index (Phi) is 4.37. The zero-order valence-corrected chi connectivity index (χ0v) is 10.8. The first kappa shape index (κ1) is 12.7. The van der Waals surface area contributed by atoms with Crippen LogP contribution in [0.2, 0.25) is 0 Å². The van der Waals surface area contributed by atoms with Crippen molar-refractivity contribution in [3.63, 3.8) is 0 Å². The zero-order valence-electron chi connectivity index (χ0n) is 10.8. The largest absolute Gasteiger partial charge is 0.352 e.